The van der Waals surface area contributed by atoms with Gasteiger partial charge in [0, 0.05) is 38.0 Å². The maximum atomic E-state index is 2.58. The molecule has 15 rings (SSSR count). The minimum absolute atomic E-state index is 1.14. The SMILES string of the molecule is c1ccc(-n2c3ccccc3c3cccc(-n4c5ccccc5c5c(N(c6ccc7ccc8cccc9ccc6c7c89)c6ccc7ccc8cccc9ccc6c7c89)cccc54)c32)cc1. The standard InChI is InChI=1S/C62H37N3/c1-2-16-44(17-3-1)63-50-21-6-4-18-45(50)46-20-10-25-56(62(46)63)65-51-22-7-5-19-47(51)61-54(23-11-24-55(61)65)64(52-36-32-42-28-26-38-12-8-14-40-30-34-48(52)59(42)57(38)40)53-37-33-43-29-27-39-13-9-15-41-31-35-49(53)60(43)58(39)41/h1-37H. The fraction of sp³-hybridized carbons (Fsp3) is 0. The van der Waals surface area contributed by atoms with Crippen LogP contribution < -0.4 is 4.90 Å². The summed E-state index contributed by atoms with van der Waals surface area (Å²) in [6.07, 6.45) is 0. The van der Waals surface area contributed by atoms with Gasteiger partial charge in [0.05, 0.1) is 44.8 Å². The maximum Gasteiger partial charge on any atom is 0.0782 e. The van der Waals surface area contributed by atoms with Crippen molar-refractivity contribution in [3.63, 3.8) is 0 Å². The number of fused-ring (bicyclic) bond motifs is 6. The Bertz CT molecular complexity index is 4240. The molecule has 0 aliphatic heterocycles. The van der Waals surface area contributed by atoms with Crippen molar-refractivity contribution in [3.8, 4) is 11.4 Å². The molecule has 3 nitrogen and oxygen atoms in total. The first kappa shape index (κ1) is 34.9. The van der Waals surface area contributed by atoms with E-state index in [4.69, 9.17) is 0 Å². The van der Waals surface area contributed by atoms with Gasteiger partial charge in [-0.25, -0.2) is 0 Å². The highest BCUT2D eigenvalue weighted by atomic mass is 15.2. The molecule has 13 aromatic carbocycles. The van der Waals surface area contributed by atoms with Crippen molar-refractivity contribution in [2.45, 2.75) is 0 Å². The lowest BCUT2D eigenvalue weighted by Crippen LogP contribution is -2.12. The predicted molar refractivity (Wildman–Crippen MR) is 277 cm³/mol. The molecule has 0 fully saturated rings. The van der Waals surface area contributed by atoms with Crippen LogP contribution in [-0.4, -0.2) is 9.13 Å². The van der Waals surface area contributed by atoms with Crippen LogP contribution >= 0.6 is 0 Å². The summed E-state index contributed by atoms with van der Waals surface area (Å²) in [5.74, 6) is 0. The van der Waals surface area contributed by atoms with Crippen molar-refractivity contribution < 1.29 is 0 Å². The number of nitrogens with zero attached hydrogens (tertiary/aromatic N) is 3. The van der Waals surface area contributed by atoms with E-state index >= 15 is 0 Å². The largest absolute Gasteiger partial charge is 0.309 e. The molecule has 15 aromatic rings. The van der Waals surface area contributed by atoms with Crippen molar-refractivity contribution in [2.24, 2.45) is 0 Å². The molecule has 65 heavy (non-hydrogen) atoms. The lowest BCUT2D eigenvalue weighted by Gasteiger charge is -2.30. The Morgan fingerprint density at radius 3 is 1.34 bits per heavy atom. The number of para-hydroxylation sites is 4. The Hall–Kier alpha value is -8.66. The lowest BCUT2D eigenvalue weighted by atomic mass is 9.91. The van der Waals surface area contributed by atoms with E-state index in [9.17, 15) is 0 Å². The Morgan fingerprint density at radius 1 is 0.246 bits per heavy atom. The minimum Gasteiger partial charge on any atom is -0.309 e. The summed E-state index contributed by atoms with van der Waals surface area (Å²) in [6.45, 7) is 0. The average molecular weight is 824 g/mol. The number of aromatic nitrogens is 2. The van der Waals surface area contributed by atoms with Crippen LogP contribution in [0.5, 0.6) is 0 Å². The van der Waals surface area contributed by atoms with E-state index in [1.54, 1.807) is 0 Å². The second kappa shape index (κ2) is 12.9. The molecule has 3 heteroatoms. The van der Waals surface area contributed by atoms with Crippen molar-refractivity contribution in [3.05, 3.63) is 224 Å². The zero-order valence-corrected chi connectivity index (χ0v) is 35.2. The molecule has 0 radical (unpaired) electrons. The monoisotopic (exact) mass is 823 g/mol. The summed E-state index contributed by atoms with van der Waals surface area (Å²) in [4.78, 5) is 2.58. The third-order valence-electron chi connectivity index (χ3n) is 14.3. The summed E-state index contributed by atoms with van der Waals surface area (Å²) >= 11 is 0. The highest BCUT2D eigenvalue weighted by Gasteiger charge is 2.27. The Morgan fingerprint density at radius 2 is 0.708 bits per heavy atom. The smallest absolute Gasteiger partial charge is 0.0782 e. The lowest BCUT2D eigenvalue weighted by molar-refractivity contribution is 1.13. The molecule has 0 saturated heterocycles. The summed E-state index contributed by atoms with van der Waals surface area (Å²) in [7, 11) is 0. The number of rotatable bonds is 5. The summed E-state index contributed by atoms with van der Waals surface area (Å²) < 4.78 is 4.97. The highest BCUT2D eigenvalue weighted by molar-refractivity contribution is 6.30. The fourth-order valence-corrected chi connectivity index (χ4v) is 11.7. The minimum atomic E-state index is 1.14. The maximum absolute atomic E-state index is 2.58. The second-order valence-corrected chi connectivity index (χ2v) is 17.6. The third kappa shape index (κ3) is 4.68. The third-order valence-corrected chi connectivity index (χ3v) is 14.3. The highest BCUT2D eigenvalue weighted by Crippen LogP contribution is 2.51. The van der Waals surface area contributed by atoms with E-state index in [1.165, 1.54) is 97.2 Å². The molecule has 0 saturated carbocycles. The molecule has 0 aliphatic carbocycles. The Balaban J connectivity index is 1.09. The summed E-state index contributed by atoms with van der Waals surface area (Å²) in [6, 6.07) is 83.6. The van der Waals surface area contributed by atoms with Crippen LogP contribution in [0.4, 0.5) is 17.1 Å². The molecular formula is C62H37N3. The van der Waals surface area contributed by atoms with E-state index in [2.05, 4.69) is 238 Å². The molecule has 0 N–H and O–H groups in total. The van der Waals surface area contributed by atoms with E-state index in [-0.39, 0.29) is 0 Å². The van der Waals surface area contributed by atoms with Crippen LogP contribution in [0, 0.1) is 0 Å². The predicted octanol–water partition coefficient (Wildman–Crippen LogP) is 17.1. The van der Waals surface area contributed by atoms with Crippen molar-refractivity contribution in [1.29, 1.82) is 0 Å². The van der Waals surface area contributed by atoms with Gasteiger partial charge in [-0.05, 0) is 108 Å². The van der Waals surface area contributed by atoms with Gasteiger partial charge in [0.2, 0.25) is 0 Å². The molecule has 0 amide bonds. The van der Waals surface area contributed by atoms with Crippen molar-refractivity contribution in [2.75, 3.05) is 4.90 Å². The number of anilines is 3. The average Bonchev–Trinajstić information content (AvgIpc) is 3.89. The molecule has 300 valence electrons. The van der Waals surface area contributed by atoms with E-state index in [1.807, 2.05) is 0 Å². The van der Waals surface area contributed by atoms with Gasteiger partial charge in [0.15, 0.2) is 0 Å². The van der Waals surface area contributed by atoms with Gasteiger partial charge in [0.25, 0.3) is 0 Å². The van der Waals surface area contributed by atoms with Crippen LogP contribution in [-0.2, 0) is 0 Å². The zero-order chi connectivity index (χ0) is 42.3. The summed E-state index contributed by atoms with van der Waals surface area (Å²) in [5, 5.41) is 20.1. The molecule has 2 heterocycles. The van der Waals surface area contributed by atoms with Gasteiger partial charge in [-0.1, -0.05) is 170 Å². The van der Waals surface area contributed by atoms with Gasteiger partial charge < -0.3 is 14.0 Å². The molecule has 0 bridgehead atoms. The van der Waals surface area contributed by atoms with E-state index < -0.39 is 0 Å². The first-order valence-corrected chi connectivity index (χ1v) is 22.5. The molecule has 0 atom stereocenters. The first-order valence-electron chi connectivity index (χ1n) is 22.5. The van der Waals surface area contributed by atoms with Crippen molar-refractivity contribution in [1.82, 2.24) is 9.13 Å². The quantitative estimate of drug-likeness (QED) is 0.158. The van der Waals surface area contributed by atoms with Crippen LogP contribution in [0.25, 0.3) is 120 Å². The zero-order valence-electron chi connectivity index (χ0n) is 35.2. The van der Waals surface area contributed by atoms with Crippen LogP contribution in [0.2, 0.25) is 0 Å². The molecule has 2 aromatic heterocycles. The normalized spacial score (nSPS) is 12.3. The summed E-state index contributed by atoms with van der Waals surface area (Å²) in [5.41, 5.74) is 10.4. The Labute approximate surface area is 373 Å². The van der Waals surface area contributed by atoms with Gasteiger partial charge in [0.1, 0.15) is 0 Å². The number of hydrogen-bond acceptors (Lipinski definition) is 1. The topological polar surface area (TPSA) is 13.1 Å². The van der Waals surface area contributed by atoms with Gasteiger partial charge in [-0.15, -0.1) is 0 Å². The fourth-order valence-electron chi connectivity index (χ4n) is 11.7. The second-order valence-electron chi connectivity index (χ2n) is 17.6. The van der Waals surface area contributed by atoms with Gasteiger partial charge >= 0.3 is 0 Å². The molecule has 0 unspecified atom stereocenters. The van der Waals surface area contributed by atoms with Crippen molar-refractivity contribution >= 4 is 125 Å². The molecule has 0 spiro atoms. The van der Waals surface area contributed by atoms with Gasteiger partial charge in [-0.2, -0.15) is 0 Å². The van der Waals surface area contributed by atoms with E-state index in [0.29, 0.717) is 0 Å². The van der Waals surface area contributed by atoms with Crippen LogP contribution in [0.15, 0.2) is 224 Å². The molecular weight excluding hydrogens is 787 g/mol. The first-order chi connectivity index (χ1) is 32.3. The van der Waals surface area contributed by atoms with Gasteiger partial charge in [-0.3, -0.25) is 0 Å². The number of hydrogen-bond donors (Lipinski definition) is 0. The molecule has 0 aliphatic rings. The van der Waals surface area contributed by atoms with Crippen LogP contribution in [0.1, 0.15) is 0 Å². The van der Waals surface area contributed by atoms with E-state index in [0.717, 1.165) is 39.5 Å². The van der Waals surface area contributed by atoms with Crippen LogP contribution in [0.3, 0.4) is 0 Å². The number of benzene rings is 13. The Kier molecular flexibility index (Phi) is 6.95.